The van der Waals surface area contributed by atoms with Gasteiger partial charge in [-0.1, -0.05) is 25.1 Å². The number of aryl methyl sites for hydroxylation is 2. The number of ether oxygens (including phenoxy) is 1. The number of hydrogen-bond donors (Lipinski definition) is 1. The molecule has 2 unspecified atom stereocenters. The van der Waals surface area contributed by atoms with Crippen LogP contribution in [0.5, 0.6) is 5.75 Å². The van der Waals surface area contributed by atoms with Gasteiger partial charge in [0, 0.05) is 12.6 Å². The third-order valence-corrected chi connectivity index (χ3v) is 3.09. The molecule has 0 heterocycles. The fraction of sp³-hybridized carbons (Fsp3) is 0.600. The Balaban J connectivity index is 2.53. The maximum Gasteiger partial charge on any atom is 0.125 e. The van der Waals surface area contributed by atoms with Crippen LogP contribution in [0.15, 0.2) is 18.2 Å². The number of hydrogen-bond acceptors (Lipinski definition) is 2. The Morgan fingerprint density at radius 2 is 1.76 bits per heavy atom. The summed E-state index contributed by atoms with van der Waals surface area (Å²) in [5.41, 5.74) is 2.42. The summed E-state index contributed by atoms with van der Waals surface area (Å²) >= 11 is 0. The summed E-state index contributed by atoms with van der Waals surface area (Å²) in [5, 5.41) is 3.47. The fourth-order valence-electron chi connectivity index (χ4n) is 1.74. The summed E-state index contributed by atoms with van der Waals surface area (Å²) in [6.07, 6.45) is 1.35. The van der Waals surface area contributed by atoms with Crippen molar-refractivity contribution < 1.29 is 4.74 Å². The number of rotatable bonds is 6. The van der Waals surface area contributed by atoms with E-state index in [0.717, 1.165) is 18.7 Å². The Bertz CT molecular complexity index is 329. The molecule has 0 aliphatic carbocycles. The third kappa shape index (κ3) is 4.39. The predicted molar refractivity (Wildman–Crippen MR) is 73.8 cm³/mol. The average Bonchev–Trinajstić information content (AvgIpc) is 2.31. The zero-order chi connectivity index (χ0) is 12.8. The molecule has 0 radical (unpaired) electrons. The van der Waals surface area contributed by atoms with Crippen molar-refractivity contribution in [3.63, 3.8) is 0 Å². The van der Waals surface area contributed by atoms with Crippen LogP contribution in [0.25, 0.3) is 0 Å². The molecule has 2 nitrogen and oxygen atoms in total. The molecule has 0 fully saturated rings. The zero-order valence-corrected chi connectivity index (χ0v) is 11.7. The van der Waals surface area contributed by atoms with Gasteiger partial charge >= 0.3 is 0 Å². The largest absolute Gasteiger partial charge is 0.489 e. The summed E-state index contributed by atoms with van der Waals surface area (Å²) in [6.45, 7) is 11.6. The van der Waals surface area contributed by atoms with Crippen molar-refractivity contribution in [3.05, 3.63) is 29.3 Å². The maximum absolute atomic E-state index is 6.01. The Kier molecular flexibility index (Phi) is 5.49. The summed E-state index contributed by atoms with van der Waals surface area (Å²) in [4.78, 5) is 0. The van der Waals surface area contributed by atoms with E-state index >= 15 is 0 Å². The number of para-hydroxylation sites is 1. The van der Waals surface area contributed by atoms with Gasteiger partial charge in [0.05, 0.1) is 0 Å². The summed E-state index contributed by atoms with van der Waals surface area (Å²) in [6, 6.07) is 6.81. The molecule has 1 aromatic rings. The lowest BCUT2D eigenvalue weighted by Crippen LogP contribution is -2.34. The fourth-order valence-corrected chi connectivity index (χ4v) is 1.74. The van der Waals surface area contributed by atoms with E-state index in [2.05, 4.69) is 58.1 Å². The van der Waals surface area contributed by atoms with Crippen LogP contribution in [0.2, 0.25) is 0 Å². The van der Waals surface area contributed by atoms with Gasteiger partial charge in [-0.3, -0.25) is 0 Å². The number of nitrogens with one attached hydrogen (secondary N) is 1. The highest BCUT2D eigenvalue weighted by Crippen LogP contribution is 2.23. The van der Waals surface area contributed by atoms with E-state index in [1.807, 2.05) is 0 Å². The number of benzene rings is 1. The quantitative estimate of drug-likeness (QED) is 0.815. The van der Waals surface area contributed by atoms with E-state index in [1.165, 1.54) is 11.1 Å². The van der Waals surface area contributed by atoms with Crippen LogP contribution in [-0.4, -0.2) is 18.7 Å². The molecule has 2 heteroatoms. The lowest BCUT2D eigenvalue weighted by Gasteiger charge is -2.20. The summed E-state index contributed by atoms with van der Waals surface area (Å²) in [5.74, 6) is 1.03. The smallest absolute Gasteiger partial charge is 0.125 e. The molecule has 17 heavy (non-hydrogen) atoms. The molecule has 0 aromatic heterocycles. The molecule has 1 rings (SSSR count). The van der Waals surface area contributed by atoms with E-state index in [1.54, 1.807) is 0 Å². The molecule has 0 amide bonds. The highest BCUT2D eigenvalue weighted by atomic mass is 16.5. The van der Waals surface area contributed by atoms with Gasteiger partial charge in [0.1, 0.15) is 11.9 Å². The van der Waals surface area contributed by atoms with Crippen LogP contribution in [0.1, 0.15) is 38.3 Å². The Hall–Kier alpha value is -1.02. The maximum atomic E-state index is 6.01. The van der Waals surface area contributed by atoms with Crippen LogP contribution in [0.4, 0.5) is 0 Å². The van der Waals surface area contributed by atoms with Gasteiger partial charge < -0.3 is 10.1 Å². The van der Waals surface area contributed by atoms with Crippen molar-refractivity contribution in [2.75, 3.05) is 6.54 Å². The first kappa shape index (κ1) is 14.0. The Morgan fingerprint density at radius 1 is 1.18 bits per heavy atom. The van der Waals surface area contributed by atoms with E-state index < -0.39 is 0 Å². The molecule has 1 N–H and O–H groups in total. The van der Waals surface area contributed by atoms with E-state index in [9.17, 15) is 0 Å². The highest BCUT2D eigenvalue weighted by molar-refractivity contribution is 5.39. The lowest BCUT2D eigenvalue weighted by molar-refractivity contribution is 0.209. The van der Waals surface area contributed by atoms with E-state index in [0.29, 0.717) is 6.04 Å². The minimum Gasteiger partial charge on any atom is -0.489 e. The van der Waals surface area contributed by atoms with Crippen LogP contribution >= 0.6 is 0 Å². The minimum atomic E-state index is 0.198. The monoisotopic (exact) mass is 235 g/mol. The molecular formula is C15H25NO. The minimum absolute atomic E-state index is 0.198. The van der Waals surface area contributed by atoms with Crippen molar-refractivity contribution >= 4 is 0 Å². The van der Waals surface area contributed by atoms with Gasteiger partial charge in [-0.15, -0.1) is 0 Å². The highest BCUT2D eigenvalue weighted by Gasteiger charge is 2.09. The van der Waals surface area contributed by atoms with Gasteiger partial charge in [-0.2, -0.15) is 0 Å². The average molecular weight is 235 g/mol. The van der Waals surface area contributed by atoms with Crippen molar-refractivity contribution in [1.82, 2.24) is 5.32 Å². The normalized spacial score (nSPS) is 14.4. The summed E-state index contributed by atoms with van der Waals surface area (Å²) < 4.78 is 6.01. The Morgan fingerprint density at radius 3 is 2.29 bits per heavy atom. The van der Waals surface area contributed by atoms with Crippen molar-refractivity contribution in [1.29, 1.82) is 0 Å². The van der Waals surface area contributed by atoms with Crippen LogP contribution in [-0.2, 0) is 0 Å². The topological polar surface area (TPSA) is 21.3 Å². The standard InChI is InChI=1S/C15H25NO/c1-6-13(4)16-10-14(5)17-15-11(2)8-7-9-12(15)3/h7-9,13-14,16H,6,10H2,1-5H3. The molecule has 0 saturated heterocycles. The van der Waals surface area contributed by atoms with Gasteiger partial charge in [-0.25, -0.2) is 0 Å². The second kappa shape index (κ2) is 6.65. The predicted octanol–water partition coefficient (Wildman–Crippen LogP) is 3.46. The van der Waals surface area contributed by atoms with E-state index in [4.69, 9.17) is 4.74 Å². The molecule has 0 aliphatic heterocycles. The van der Waals surface area contributed by atoms with Gasteiger partial charge in [0.2, 0.25) is 0 Å². The van der Waals surface area contributed by atoms with Gasteiger partial charge in [-0.05, 0) is 45.2 Å². The first-order valence-corrected chi connectivity index (χ1v) is 6.50. The molecule has 96 valence electrons. The second-order valence-electron chi connectivity index (χ2n) is 4.87. The molecule has 0 aliphatic rings. The van der Waals surface area contributed by atoms with Crippen molar-refractivity contribution in [3.8, 4) is 5.75 Å². The van der Waals surface area contributed by atoms with E-state index in [-0.39, 0.29) is 6.10 Å². The van der Waals surface area contributed by atoms with Crippen molar-refractivity contribution in [2.45, 2.75) is 53.2 Å². The Labute approximate surface area is 105 Å². The summed E-state index contributed by atoms with van der Waals surface area (Å²) in [7, 11) is 0. The van der Waals surface area contributed by atoms with Crippen LogP contribution in [0.3, 0.4) is 0 Å². The second-order valence-corrected chi connectivity index (χ2v) is 4.87. The molecule has 1 aromatic carbocycles. The van der Waals surface area contributed by atoms with Crippen LogP contribution in [0, 0.1) is 13.8 Å². The molecule has 0 saturated carbocycles. The SMILES string of the molecule is CCC(C)NCC(C)Oc1c(C)cccc1C. The molecular weight excluding hydrogens is 210 g/mol. The first-order chi connectivity index (χ1) is 8.04. The first-order valence-electron chi connectivity index (χ1n) is 6.50. The van der Waals surface area contributed by atoms with Gasteiger partial charge in [0.15, 0.2) is 0 Å². The molecule has 2 atom stereocenters. The zero-order valence-electron chi connectivity index (χ0n) is 11.7. The lowest BCUT2D eigenvalue weighted by atomic mass is 10.1. The van der Waals surface area contributed by atoms with Crippen LogP contribution < -0.4 is 10.1 Å². The molecule has 0 spiro atoms. The third-order valence-electron chi connectivity index (χ3n) is 3.09. The van der Waals surface area contributed by atoms with Crippen molar-refractivity contribution in [2.24, 2.45) is 0 Å². The van der Waals surface area contributed by atoms with Gasteiger partial charge in [0.25, 0.3) is 0 Å². The molecule has 0 bridgehead atoms.